The summed E-state index contributed by atoms with van der Waals surface area (Å²) >= 11 is 6.07. The molecule has 0 N–H and O–H groups in total. The first-order chi connectivity index (χ1) is 6.76. The highest BCUT2D eigenvalue weighted by atomic mass is 32.2. The molecule has 1 nitrogen and oxygen atoms in total. The monoisotopic (exact) mass is 222 g/mol. The van der Waals surface area contributed by atoms with Crippen LogP contribution in [0.4, 0.5) is 0 Å². The molecule has 0 bridgehead atoms. The van der Waals surface area contributed by atoms with Gasteiger partial charge < -0.3 is 0 Å². The zero-order valence-corrected chi connectivity index (χ0v) is 9.49. The normalized spacial score (nSPS) is 10.7. The zero-order chi connectivity index (χ0) is 10.1. The van der Waals surface area contributed by atoms with Gasteiger partial charge in [0.1, 0.15) is 6.29 Å². The smallest absolute Gasteiger partial charge is 0.150 e. The fourth-order valence-corrected chi connectivity index (χ4v) is 3.22. The Morgan fingerprint density at radius 2 is 2.29 bits per heavy atom. The van der Waals surface area contributed by atoms with Crippen molar-refractivity contribution in [3.63, 3.8) is 0 Å². The Labute approximate surface area is 92.2 Å². The van der Waals surface area contributed by atoms with Crippen molar-refractivity contribution in [3.05, 3.63) is 29.3 Å². The molecule has 0 saturated carbocycles. The van der Waals surface area contributed by atoms with Gasteiger partial charge in [0.25, 0.3) is 0 Å². The summed E-state index contributed by atoms with van der Waals surface area (Å²) in [4.78, 5) is 10.6. The minimum Gasteiger partial charge on any atom is -0.298 e. The molecule has 1 aromatic carbocycles. The van der Waals surface area contributed by atoms with Crippen LogP contribution in [0.3, 0.4) is 0 Å². The average Bonchev–Trinajstić information content (AvgIpc) is 2.51. The predicted octanol–water partition coefficient (Wildman–Crippen LogP) is 3.56. The molecule has 1 aromatic heterocycles. The highest BCUT2D eigenvalue weighted by molar-refractivity contribution is 7.83. The third-order valence-electron chi connectivity index (χ3n) is 2.29. The third-order valence-corrected chi connectivity index (χ3v) is 3.83. The SMILES string of the molecule is CCc1c(S)sc2cc(C=O)ccc12. The van der Waals surface area contributed by atoms with Gasteiger partial charge in [-0.15, -0.1) is 24.0 Å². The summed E-state index contributed by atoms with van der Waals surface area (Å²) in [6.45, 7) is 2.12. The number of hydrogen-bond donors (Lipinski definition) is 1. The van der Waals surface area contributed by atoms with Crippen LogP contribution in [-0.2, 0) is 6.42 Å². The number of hydrogen-bond acceptors (Lipinski definition) is 3. The summed E-state index contributed by atoms with van der Waals surface area (Å²) in [5.41, 5.74) is 2.01. The molecule has 0 spiro atoms. The van der Waals surface area contributed by atoms with E-state index in [-0.39, 0.29) is 0 Å². The number of thiol groups is 1. The molecule has 3 heteroatoms. The fraction of sp³-hybridized carbons (Fsp3) is 0.182. The molecule has 2 aromatic rings. The van der Waals surface area contributed by atoms with Crippen LogP contribution in [-0.4, -0.2) is 6.29 Å². The minimum absolute atomic E-state index is 0.731. The summed E-state index contributed by atoms with van der Waals surface area (Å²) in [6, 6.07) is 5.79. The molecule has 72 valence electrons. The molecule has 0 saturated heterocycles. The van der Waals surface area contributed by atoms with E-state index in [2.05, 4.69) is 19.6 Å². The second-order valence-corrected chi connectivity index (χ2v) is 4.91. The van der Waals surface area contributed by atoms with E-state index in [4.69, 9.17) is 0 Å². The molecule has 0 aliphatic heterocycles. The van der Waals surface area contributed by atoms with Crippen LogP contribution in [0.25, 0.3) is 10.1 Å². The first kappa shape index (κ1) is 9.74. The van der Waals surface area contributed by atoms with Crippen molar-refractivity contribution in [1.82, 2.24) is 0 Å². The molecule has 14 heavy (non-hydrogen) atoms. The molecule has 0 unspecified atom stereocenters. The highest BCUT2D eigenvalue weighted by Gasteiger charge is 2.07. The number of aldehydes is 1. The minimum atomic E-state index is 0.731. The van der Waals surface area contributed by atoms with E-state index in [0.29, 0.717) is 0 Å². The largest absolute Gasteiger partial charge is 0.298 e. The van der Waals surface area contributed by atoms with Gasteiger partial charge in [0.2, 0.25) is 0 Å². The number of aryl methyl sites for hydroxylation is 1. The van der Waals surface area contributed by atoms with E-state index < -0.39 is 0 Å². The highest BCUT2D eigenvalue weighted by Crippen LogP contribution is 2.34. The van der Waals surface area contributed by atoms with Crippen molar-refractivity contribution < 1.29 is 4.79 Å². The Morgan fingerprint density at radius 1 is 1.50 bits per heavy atom. The van der Waals surface area contributed by atoms with Gasteiger partial charge in [-0.05, 0) is 23.4 Å². The first-order valence-electron chi connectivity index (χ1n) is 4.45. The van der Waals surface area contributed by atoms with Crippen molar-refractivity contribution in [2.24, 2.45) is 0 Å². The van der Waals surface area contributed by atoms with Gasteiger partial charge in [0.15, 0.2) is 0 Å². The van der Waals surface area contributed by atoms with Crippen molar-refractivity contribution in [3.8, 4) is 0 Å². The van der Waals surface area contributed by atoms with Crippen LogP contribution in [0.5, 0.6) is 0 Å². The summed E-state index contributed by atoms with van der Waals surface area (Å²) < 4.78 is 2.21. The Morgan fingerprint density at radius 3 is 2.93 bits per heavy atom. The quantitative estimate of drug-likeness (QED) is 0.607. The molecule has 0 aliphatic carbocycles. The Balaban J connectivity index is 2.74. The number of carbonyl (C=O) groups excluding carboxylic acids is 1. The van der Waals surface area contributed by atoms with Crippen LogP contribution in [0, 0.1) is 0 Å². The zero-order valence-electron chi connectivity index (χ0n) is 7.78. The maximum absolute atomic E-state index is 10.6. The van der Waals surface area contributed by atoms with E-state index in [0.717, 1.165) is 27.2 Å². The lowest BCUT2D eigenvalue weighted by atomic mass is 10.1. The van der Waals surface area contributed by atoms with E-state index in [1.807, 2.05) is 18.2 Å². The Kier molecular flexibility index (Phi) is 2.61. The molecule has 0 atom stereocenters. The van der Waals surface area contributed by atoms with Crippen LogP contribution < -0.4 is 0 Å². The van der Waals surface area contributed by atoms with Gasteiger partial charge in [-0.25, -0.2) is 0 Å². The lowest BCUT2D eigenvalue weighted by molar-refractivity contribution is 0.112. The summed E-state index contributed by atoms with van der Waals surface area (Å²) in [5, 5.41) is 1.23. The average molecular weight is 222 g/mol. The molecule has 2 rings (SSSR count). The number of rotatable bonds is 2. The van der Waals surface area contributed by atoms with Gasteiger partial charge in [0, 0.05) is 10.3 Å². The molecule has 0 radical (unpaired) electrons. The summed E-state index contributed by atoms with van der Waals surface area (Å²) in [7, 11) is 0. The number of carbonyl (C=O) groups is 1. The number of benzene rings is 1. The molecule has 1 heterocycles. The third kappa shape index (κ3) is 1.47. The topological polar surface area (TPSA) is 17.1 Å². The maximum atomic E-state index is 10.6. The molecular formula is C11H10OS2. The summed E-state index contributed by atoms with van der Waals surface area (Å²) in [6.07, 6.45) is 1.86. The molecule has 0 fully saturated rings. The van der Waals surface area contributed by atoms with Crippen LogP contribution in [0.2, 0.25) is 0 Å². The van der Waals surface area contributed by atoms with Crippen molar-refractivity contribution in [2.75, 3.05) is 0 Å². The number of fused-ring (bicyclic) bond motifs is 1. The van der Waals surface area contributed by atoms with Gasteiger partial charge in [-0.3, -0.25) is 4.79 Å². The fourth-order valence-electron chi connectivity index (χ4n) is 1.57. The lowest BCUT2D eigenvalue weighted by Gasteiger charge is -1.95. The van der Waals surface area contributed by atoms with Crippen molar-refractivity contribution >= 4 is 40.3 Å². The maximum Gasteiger partial charge on any atom is 0.150 e. The second kappa shape index (κ2) is 3.75. The van der Waals surface area contributed by atoms with Gasteiger partial charge in [0.05, 0.1) is 4.21 Å². The van der Waals surface area contributed by atoms with E-state index in [1.54, 1.807) is 11.3 Å². The van der Waals surface area contributed by atoms with Crippen LogP contribution in [0.15, 0.2) is 22.4 Å². The predicted molar refractivity (Wildman–Crippen MR) is 63.8 cm³/mol. The molecule has 0 amide bonds. The Hall–Kier alpha value is -0.800. The molecule has 0 aliphatic rings. The van der Waals surface area contributed by atoms with E-state index in [9.17, 15) is 4.79 Å². The van der Waals surface area contributed by atoms with Gasteiger partial charge >= 0.3 is 0 Å². The molecular weight excluding hydrogens is 212 g/mol. The van der Waals surface area contributed by atoms with Crippen LogP contribution >= 0.6 is 24.0 Å². The van der Waals surface area contributed by atoms with Crippen LogP contribution in [0.1, 0.15) is 22.8 Å². The Bertz CT molecular complexity index is 485. The van der Waals surface area contributed by atoms with Crippen molar-refractivity contribution in [1.29, 1.82) is 0 Å². The van der Waals surface area contributed by atoms with E-state index >= 15 is 0 Å². The van der Waals surface area contributed by atoms with Gasteiger partial charge in [-0.2, -0.15) is 0 Å². The van der Waals surface area contributed by atoms with Crippen molar-refractivity contribution in [2.45, 2.75) is 17.6 Å². The second-order valence-electron chi connectivity index (χ2n) is 3.11. The lowest BCUT2D eigenvalue weighted by Crippen LogP contribution is -1.80. The van der Waals surface area contributed by atoms with Gasteiger partial charge in [-0.1, -0.05) is 19.1 Å². The van der Waals surface area contributed by atoms with E-state index in [1.165, 1.54) is 10.9 Å². The summed E-state index contributed by atoms with van der Waals surface area (Å²) in [5.74, 6) is 0. The first-order valence-corrected chi connectivity index (χ1v) is 5.72. The number of thiophene rings is 1. The standard InChI is InChI=1S/C11H10OS2/c1-2-8-9-4-3-7(6-12)5-10(9)14-11(8)13/h3-6,13H,2H2,1H3.